The van der Waals surface area contributed by atoms with Gasteiger partial charge in [-0.1, -0.05) is 18.2 Å². The van der Waals surface area contributed by atoms with Gasteiger partial charge in [0.15, 0.2) is 0 Å². The number of aryl methyl sites for hydroxylation is 1. The van der Waals surface area contributed by atoms with E-state index >= 15 is 0 Å². The van der Waals surface area contributed by atoms with Gasteiger partial charge in [0.05, 0.1) is 18.2 Å². The number of aromatic nitrogens is 1. The number of fused-ring (bicyclic) bond motifs is 3. The molecule has 0 radical (unpaired) electrons. The van der Waals surface area contributed by atoms with Crippen molar-refractivity contribution in [3.8, 4) is 11.8 Å². The lowest BCUT2D eigenvalue weighted by Gasteiger charge is -2.04. The topological polar surface area (TPSA) is 37.9 Å². The lowest BCUT2D eigenvalue weighted by Crippen LogP contribution is -1.90. The first kappa shape index (κ1) is 10.7. The number of benzene rings is 2. The molecule has 88 valence electrons. The van der Waals surface area contributed by atoms with Crippen LogP contribution in [0.3, 0.4) is 0 Å². The molecular formula is C15H12N2O. The minimum atomic E-state index is 0.571. The molecule has 3 heteroatoms. The van der Waals surface area contributed by atoms with Gasteiger partial charge in [0.2, 0.25) is 0 Å². The third-order valence-corrected chi connectivity index (χ3v) is 3.36. The molecule has 1 aromatic heterocycles. The summed E-state index contributed by atoms with van der Waals surface area (Å²) in [5.41, 5.74) is 2.80. The molecule has 0 saturated heterocycles. The molecule has 3 aromatic rings. The molecule has 0 fully saturated rings. The normalized spacial score (nSPS) is 10.7. The Labute approximate surface area is 105 Å². The van der Waals surface area contributed by atoms with Crippen molar-refractivity contribution in [2.45, 2.75) is 0 Å². The van der Waals surface area contributed by atoms with Crippen LogP contribution in [0.2, 0.25) is 0 Å². The summed E-state index contributed by atoms with van der Waals surface area (Å²) in [5.74, 6) is 0.621. The van der Waals surface area contributed by atoms with E-state index in [1.165, 1.54) is 0 Å². The van der Waals surface area contributed by atoms with Crippen LogP contribution in [-0.4, -0.2) is 11.7 Å². The molecule has 3 nitrogen and oxygen atoms in total. The largest absolute Gasteiger partial charge is 0.495 e. The van der Waals surface area contributed by atoms with Gasteiger partial charge in [-0.05, 0) is 12.1 Å². The summed E-state index contributed by atoms with van der Waals surface area (Å²) >= 11 is 0. The smallest absolute Gasteiger partial charge is 0.138 e. The molecule has 18 heavy (non-hydrogen) atoms. The van der Waals surface area contributed by atoms with Crippen LogP contribution < -0.4 is 4.74 Å². The van der Waals surface area contributed by atoms with Gasteiger partial charge < -0.3 is 9.30 Å². The number of hydrogen-bond acceptors (Lipinski definition) is 2. The van der Waals surface area contributed by atoms with Crippen LogP contribution in [-0.2, 0) is 7.05 Å². The first-order valence-electron chi connectivity index (χ1n) is 5.71. The van der Waals surface area contributed by atoms with Gasteiger partial charge in [-0.25, -0.2) is 0 Å². The maximum Gasteiger partial charge on any atom is 0.138 e. The highest BCUT2D eigenvalue weighted by molar-refractivity contribution is 6.08. The SMILES string of the molecule is COc1cc2c(cc1C#N)c1ccccc1n2C. The minimum Gasteiger partial charge on any atom is -0.495 e. The van der Waals surface area contributed by atoms with Gasteiger partial charge in [0.25, 0.3) is 0 Å². The molecule has 2 aromatic carbocycles. The van der Waals surface area contributed by atoms with Crippen molar-refractivity contribution in [2.75, 3.05) is 7.11 Å². The quantitative estimate of drug-likeness (QED) is 0.650. The van der Waals surface area contributed by atoms with Crippen LogP contribution in [0.1, 0.15) is 5.56 Å². The van der Waals surface area contributed by atoms with E-state index in [9.17, 15) is 0 Å². The standard InChI is InChI=1S/C15H12N2O/c1-17-13-6-4-3-5-11(13)12-7-10(9-16)15(18-2)8-14(12)17/h3-8H,1-2H3. The second-order valence-corrected chi connectivity index (χ2v) is 4.26. The second-order valence-electron chi connectivity index (χ2n) is 4.26. The summed E-state index contributed by atoms with van der Waals surface area (Å²) in [6.45, 7) is 0. The van der Waals surface area contributed by atoms with Gasteiger partial charge in [-0.15, -0.1) is 0 Å². The lowest BCUT2D eigenvalue weighted by atomic mass is 10.1. The summed E-state index contributed by atoms with van der Waals surface area (Å²) in [7, 11) is 3.61. The molecule has 0 amide bonds. The Hall–Kier alpha value is -2.47. The van der Waals surface area contributed by atoms with Gasteiger partial charge >= 0.3 is 0 Å². The maximum atomic E-state index is 9.15. The monoisotopic (exact) mass is 236 g/mol. The highest BCUT2D eigenvalue weighted by atomic mass is 16.5. The average molecular weight is 236 g/mol. The molecule has 0 atom stereocenters. The van der Waals surface area contributed by atoms with E-state index in [0.717, 1.165) is 21.8 Å². The fourth-order valence-electron chi connectivity index (χ4n) is 2.44. The number of methoxy groups -OCH3 is 1. The highest BCUT2D eigenvalue weighted by Gasteiger charge is 2.12. The molecule has 0 unspecified atom stereocenters. The Kier molecular flexibility index (Phi) is 2.24. The number of ether oxygens (including phenoxy) is 1. The lowest BCUT2D eigenvalue weighted by molar-refractivity contribution is 0.414. The molecule has 1 heterocycles. The zero-order valence-electron chi connectivity index (χ0n) is 10.3. The Bertz CT molecular complexity index is 793. The maximum absolute atomic E-state index is 9.15. The molecule has 0 spiro atoms. The number of rotatable bonds is 1. The average Bonchev–Trinajstić information content (AvgIpc) is 2.71. The van der Waals surface area contributed by atoms with Crippen molar-refractivity contribution in [1.29, 1.82) is 5.26 Å². The fraction of sp³-hybridized carbons (Fsp3) is 0.133. The van der Waals surface area contributed by atoms with Gasteiger partial charge in [-0.3, -0.25) is 0 Å². The molecular weight excluding hydrogens is 224 g/mol. The molecule has 0 aliphatic heterocycles. The first-order valence-corrected chi connectivity index (χ1v) is 5.71. The van der Waals surface area contributed by atoms with Crippen molar-refractivity contribution in [1.82, 2.24) is 4.57 Å². The van der Waals surface area contributed by atoms with E-state index in [-0.39, 0.29) is 0 Å². The summed E-state index contributed by atoms with van der Waals surface area (Å²) in [4.78, 5) is 0. The van der Waals surface area contributed by atoms with Crippen molar-refractivity contribution < 1.29 is 4.74 Å². The van der Waals surface area contributed by atoms with E-state index in [1.54, 1.807) is 7.11 Å². The van der Waals surface area contributed by atoms with E-state index in [4.69, 9.17) is 10.00 Å². The van der Waals surface area contributed by atoms with E-state index < -0.39 is 0 Å². The summed E-state index contributed by atoms with van der Waals surface area (Å²) in [6.07, 6.45) is 0. The van der Waals surface area contributed by atoms with E-state index in [2.05, 4.69) is 22.8 Å². The van der Waals surface area contributed by atoms with Gasteiger partial charge in [-0.2, -0.15) is 5.26 Å². The predicted octanol–water partition coefficient (Wildman–Crippen LogP) is 3.21. The van der Waals surface area contributed by atoms with Crippen LogP contribution in [0.5, 0.6) is 5.75 Å². The van der Waals surface area contributed by atoms with Gasteiger partial charge in [0.1, 0.15) is 11.8 Å². The van der Waals surface area contributed by atoms with E-state index in [0.29, 0.717) is 11.3 Å². The highest BCUT2D eigenvalue weighted by Crippen LogP contribution is 2.32. The molecule has 0 saturated carbocycles. The number of hydrogen-bond donors (Lipinski definition) is 0. The molecule has 0 N–H and O–H groups in total. The van der Waals surface area contributed by atoms with Crippen molar-refractivity contribution in [3.05, 3.63) is 42.0 Å². The first-order chi connectivity index (χ1) is 8.76. The Morgan fingerprint density at radius 1 is 1.11 bits per heavy atom. The summed E-state index contributed by atoms with van der Waals surface area (Å²) in [6, 6.07) is 14.2. The zero-order valence-corrected chi connectivity index (χ0v) is 10.3. The Balaban J connectivity index is 2.54. The number of nitrogens with zero attached hydrogens (tertiary/aromatic N) is 2. The summed E-state index contributed by atoms with van der Waals surface area (Å²) < 4.78 is 7.38. The minimum absolute atomic E-state index is 0.571. The molecule has 0 aliphatic carbocycles. The third-order valence-electron chi connectivity index (χ3n) is 3.36. The van der Waals surface area contributed by atoms with Crippen LogP contribution in [0.4, 0.5) is 0 Å². The fourth-order valence-corrected chi connectivity index (χ4v) is 2.44. The van der Waals surface area contributed by atoms with Crippen LogP contribution in [0.15, 0.2) is 36.4 Å². The van der Waals surface area contributed by atoms with Crippen molar-refractivity contribution in [2.24, 2.45) is 7.05 Å². The predicted molar refractivity (Wildman–Crippen MR) is 71.7 cm³/mol. The van der Waals surface area contributed by atoms with Crippen LogP contribution in [0, 0.1) is 11.3 Å². The Morgan fingerprint density at radius 3 is 2.61 bits per heavy atom. The Morgan fingerprint density at radius 2 is 1.89 bits per heavy atom. The van der Waals surface area contributed by atoms with Crippen LogP contribution >= 0.6 is 0 Å². The van der Waals surface area contributed by atoms with Crippen LogP contribution in [0.25, 0.3) is 21.8 Å². The van der Waals surface area contributed by atoms with Crippen molar-refractivity contribution >= 4 is 21.8 Å². The van der Waals surface area contributed by atoms with Gasteiger partial charge in [0, 0.05) is 29.4 Å². The third kappa shape index (κ3) is 1.29. The zero-order chi connectivity index (χ0) is 12.7. The van der Waals surface area contributed by atoms with Crippen molar-refractivity contribution in [3.63, 3.8) is 0 Å². The molecule has 0 bridgehead atoms. The molecule has 0 aliphatic rings. The summed E-state index contributed by atoms with van der Waals surface area (Å²) in [5, 5.41) is 11.4. The number of para-hydroxylation sites is 1. The molecule has 3 rings (SSSR count). The number of nitriles is 1. The second kappa shape index (κ2) is 3.78. The van der Waals surface area contributed by atoms with E-state index in [1.807, 2.05) is 31.3 Å².